The lowest BCUT2D eigenvalue weighted by Crippen LogP contribution is -2.65. The van der Waals surface area contributed by atoms with Crippen LogP contribution in [-0.4, -0.2) is 167 Å². The maximum absolute atomic E-state index is 12.2. The fourth-order valence-corrected chi connectivity index (χ4v) is 7.40. The number of unbranched alkanes of at least 4 members (excludes halogenated alkanes) is 1. The van der Waals surface area contributed by atoms with Crippen molar-refractivity contribution < 1.29 is 73.4 Å². The molecule has 272 valence electrons. The number of rotatable bonds is 19. The molecule has 3 fully saturated rings. The number of carbonyl (C=O) groups excluding carboxylic acids is 3. The topological polar surface area (TPSA) is 252 Å². The van der Waals surface area contributed by atoms with Gasteiger partial charge in [0.2, 0.25) is 11.8 Å². The van der Waals surface area contributed by atoms with Crippen LogP contribution in [0.2, 0.25) is 0 Å². The Morgan fingerprint density at radius 2 is 1.62 bits per heavy atom. The first-order valence-corrected chi connectivity index (χ1v) is 16.9. The van der Waals surface area contributed by atoms with E-state index in [-0.39, 0.29) is 50.7 Å². The van der Waals surface area contributed by atoms with Gasteiger partial charge in [-0.25, -0.2) is 0 Å². The summed E-state index contributed by atoms with van der Waals surface area (Å²) in [6, 6.07) is 0.161. The Morgan fingerprint density at radius 1 is 0.915 bits per heavy atom. The molecule has 18 heteroatoms. The van der Waals surface area contributed by atoms with Gasteiger partial charge >= 0.3 is 0 Å². The number of nitrogens with one attached hydrogen (secondary N) is 2. The Kier molecular flexibility index (Phi) is 17.0. The van der Waals surface area contributed by atoms with E-state index in [0.717, 1.165) is 25.0 Å². The molecule has 0 aromatic heterocycles. The normalized spacial score (nSPS) is 37.3. The number of carbonyl (C=O) groups is 3. The molecule has 0 aromatic carbocycles. The summed E-state index contributed by atoms with van der Waals surface area (Å²) in [6.45, 7) is 2.68. The molecule has 0 spiro atoms. The Balaban J connectivity index is 1.38. The zero-order valence-electron chi connectivity index (χ0n) is 26.6. The van der Waals surface area contributed by atoms with Crippen molar-refractivity contribution in [1.82, 2.24) is 10.6 Å². The summed E-state index contributed by atoms with van der Waals surface area (Å²) in [7, 11) is 0. The van der Waals surface area contributed by atoms with Gasteiger partial charge in [0.05, 0.1) is 33.0 Å². The molecule has 47 heavy (non-hydrogen) atoms. The van der Waals surface area contributed by atoms with Gasteiger partial charge < -0.3 is 69.7 Å². The molecule has 2 amide bonds. The molecule has 0 saturated carbocycles. The predicted molar refractivity (Wildman–Crippen MR) is 163 cm³/mol. The fourth-order valence-electron chi connectivity index (χ4n) is 5.77. The molecular formula is C29H50N2O15S. The first-order chi connectivity index (χ1) is 22.5. The lowest BCUT2D eigenvalue weighted by Gasteiger charge is -2.46. The number of hydrogen-bond acceptors (Lipinski definition) is 16. The summed E-state index contributed by atoms with van der Waals surface area (Å²) in [6.07, 6.45) is -12.4. The lowest BCUT2D eigenvalue weighted by molar-refractivity contribution is -0.367. The van der Waals surface area contributed by atoms with Crippen LogP contribution < -0.4 is 10.6 Å². The second-order valence-electron chi connectivity index (χ2n) is 11.9. The van der Waals surface area contributed by atoms with Crippen LogP contribution in [0.3, 0.4) is 0 Å². The minimum absolute atomic E-state index is 0.00292. The Labute approximate surface area is 277 Å². The largest absolute Gasteiger partial charge is 0.459 e. The number of thioether (sulfide) groups is 1. The highest BCUT2D eigenvalue weighted by Gasteiger charge is 2.52. The van der Waals surface area contributed by atoms with Gasteiger partial charge in [-0.15, -0.1) is 0 Å². The number of amides is 2. The van der Waals surface area contributed by atoms with E-state index in [1.807, 2.05) is 11.8 Å². The van der Waals surface area contributed by atoms with Crippen LogP contribution in [-0.2, 0) is 42.8 Å². The highest BCUT2D eigenvalue weighted by Crippen LogP contribution is 2.35. The highest BCUT2D eigenvalue weighted by molar-refractivity contribution is 8.00. The minimum Gasteiger partial charge on any atom is -0.459 e. The van der Waals surface area contributed by atoms with E-state index in [0.29, 0.717) is 17.6 Å². The van der Waals surface area contributed by atoms with Crippen molar-refractivity contribution in [2.24, 2.45) is 5.92 Å². The van der Waals surface area contributed by atoms with E-state index < -0.39 is 74.6 Å². The van der Waals surface area contributed by atoms with E-state index in [1.54, 1.807) is 0 Å². The molecule has 3 aliphatic heterocycles. The van der Waals surface area contributed by atoms with Gasteiger partial charge in [0, 0.05) is 31.2 Å². The molecule has 3 aliphatic rings. The molecule has 1 unspecified atom stereocenters. The van der Waals surface area contributed by atoms with Crippen LogP contribution >= 0.6 is 11.8 Å². The predicted octanol–water partition coefficient (Wildman–Crippen LogP) is -3.24. The third-order valence-electron chi connectivity index (χ3n) is 8.33. The van der Waals surface area contributed by atoms with Gasteiger partial charge in [-0.05, 0) is 24.5 Å². The van der Waals surface area contributed by atoms with Gasteiger partial charge in [0.15, 0.2) is 18.7 Å². The van der Waals surface area contributed by atoms with E-state index in [4.69, 9.17) is 28.4 Å². The standard InChI is InChI=1S/C29H50N2O15S/c1-15-13-47-19(21(15)31-16(2)35)5-3-4-6-20(36)30-7-8-41-9-10-42-29-27(24(39)22(37)17(11-32)45-29)46-28-25(40)26(43-14-34)23(38)18(12-33)44-28/h14-15,17-19,21-29,32-33,37-40H,3-13H2,1-2H3,(H,30,36)(H,31,35)/t15-,17-,18+,19-,21-,22+,23+,24-,25-,26-,27-,28?,29+/m0/s1. The third-order valence-corrected chi connectivity index (χ3v) is 10.0. The van der Waals surface area contributed by atoms with Gasteiger partial charge in [0.1, 0.15) is 42.7 Å². The summed E-state index contributed by atoms with van der Waals surface area (Å²) in [5, 5.41) is 67.2. The van der Waals surface area contributed by atoms with Crippen molar-refractivity contribution >= 4 is 30.0 Å². The molecule has 0 radical (unpaired) electrons. The molecule has 0 aliphatic carbocycles. The second-order valence-corrected chi connectivity index (χ2v) is 13.1. The van der Waals surface area contributed by atoms with E-state index in [2.05, 4.69) is 17.6 Å². The lowest BCUT2D eigenvalue weighted by atomic mass is 9.97. The maximum Gasteiger partial charge on any atom is 0.293 e. The van der Waals surface area contributed by atoms with Crippen molar-refractivity contribution in [2.75, 3.05) is 45.3 Å². The average molecular weight is 699 g/mol. The maximum atomic E-state index is 12.2. The Hall–Kier alpha value is -1.68. The fraction of sp³-hybridized carbons (Fsp3) is 0.897. The monoisotopic (exact) mass is 698 g/mol. The van der Waals surface area contributed by atoms with Crippen LogP contribution in [0, 0.1) is 5.92 Å². The number of aliphatic hydroxyl groups excluding tert-OH is 6. The molecule has 3 saturated heterocycles. The first kappa shape index (κ1) is 39.8. The van der Waals surface area contributed by atoms with Crippen molar-refractivity contribution in [3.8, 4) is 0 Å². The van der Waals surface area contributed by atoms with E-state index in [9.17, 15) is 45.0 Å². The molecule has 3 heterocycles. The SMILES string of the molecule is CC(=O)N[C@@H]1[C@H](CCCCC(=O)NCCOCCO[C@@H]2O[C@@H](CO)[C@@H](O)[C@H](O)[C@@H]2OC2O[C@H](CO)[C@@H](O)[C@H](OC=O)[C@@H]2O)SC[C@@H]1C. The zero-order valence-corrected chi connectivity index (χ0v) is 27.4. The van der Waals surface area contributed by atoms with Crippen LogP contribution in [0.4, 0.5) is 0 Å². The van der Waals surface area contributed by atoms with E-state index >= 15 is 0 Å². The molecule has 17 nitrogen and oxygen atoms in total. The molecule has 0 bridgehead atoms. The smallest absolute Gasteiger partial charge is 0.293 e. The second kappa shape index (κ2) is 20.1. The number of aliphatic hydroxyl groups is 6. The summed E-state index contributed by atoms with van der Waals surface area (Å²) >= 11 is 1.86. The van der Waals surface area contributed by atoms with Gasteiger partial charge in [-0.1, -0.05) is 13.3 Å². The summed E-state index contributed by atoms with van der Waals surface area (Å²) < 4.78 is 32.5. The van der Waals surface area contributed by atoms with Gasteiger partial charge in [-0.2, -0.15) is 11.8 Å². The number of ether oxygens (including phenoxy) is 6. The number of hydrogen-bond donors (Lipinski definition) is 8. The molecule has 0 aromatic rings. The molecule has 3 rings (SSSR count). The minimum atomic E-state index is -1.75. The summed E-state index contributed by atoms with van der Waals surface area (Å²) in [4.78, 5) is 34.6. The van der Waals surface area contributed by atoms with E-state index in [1.165, 1.54) is 6.92 Å². The Morgan fingerprint density at radius 3 is 2.30 bits per heavy atom. The summed E-state index contributed by atoms with van der Waals surface area (Å²) in [5.74, 6) is 1.31. The van der Waals surface area contributed by atoms with Crippen molar-refractivity contribution in [1.29, 1.82) is 0 Å². The first-order valence-electron chi connectivity index (χ1n) is 15.9. The molecule has 13 atom stereocenters. The van der Waals surface area contributed by atoms with Crippen molar-refractivity contribution in [2.45, 2.75) is 112 Å². The van der Waals surface area contributed by atoms with Crippen LogP contribution in [0.1, 0.15) is 39.5 Å². The molecular weight excluding hydrogens is 648 g/mol. The van der Waals surface area contributed by atoms with Crippen LogP contribution in [0.5, 0.6) is 0 Å². The van der Waals surface area contributed by atoms with Crippen molar-refractivity contribution in [3.63, 3.8) is 0 Å². The highest BCUT2D eigenvalue weighted by atomic mass is 32.2. The van der Waals surface area contributed by atoms with Crippen LogP contribution in [0.25, 0.3) is 0 Å². The molecule has 8 N–H and O–H groups in total. The third kappa shape index (κ3) is 11.4. The average Bonchev–Trinajstić information content (AvgIpc) is 3.38. The Bertz CT molecular complexity index is 969. The van der Waals surface area contributed by atoms with Gasteiger partial charge in [0.25, 0.3) is 6.47 Å². The summed E-state index contributed by atoms with van der Waals surface area (Å²) in [5.41, 5.74) is 0. The van der Waals surface area contributed by atoms with Crippen LogP contribution in [0.15, 0.2) is 0 Å². The zero-order chi connectivity index (χ0) is 34.5. The van der Waals surface area contributed by atoms with Gasteiger partial charge in [-0.3, -0.25) is 14.4 Å². The van der Waals surface area contributed by atoms with Crippen molar-refractivity contribution in [3.05, 3.63) is 0 Å². The quantitative estimate of drug-likeness (QED) is 0.0487.